The lowest BCUT2D eigenvalue weighted by molar-refractivity contribution is -0.275. The molecule has 0 heterocycles. The van der Waals surface area contributed by atoms with E-state index in [9.17, 15) is 24.9 Å². The predicted molar refractivity (Wildman–Crippen MR) is 149 cm³/mol. The van der Waals surface area contributed by atoms with E-state index < -0.39 is 47.6 Å². The molecule has 39 heavy (non-hydrogen) atoms. The summed E-state index contributed by atoms with van der Waals surface area (Å²) in [4.78, 5) is 25.8. The van der Waals surface area contributed by atoms with Gasteiger partial charge in [-0.2, -0.15) is 0 Å². The zero-order valence-electron chi connectivity index (χ0n) is 23.9. The van der Waals surface area contributed by atoms with E-state index in [-0.39, 0.29) is 19.5 Å². The Morgan fingerprint density at radius 1 is 0.846 bits per heavy atom. The largest absolute Gasteiger partial charge is 0.530 e. The summed E-state index contributed by atoms with van der Waals surface area (Å²) >= 11 is 0. The van der Waals surface area contributed by atoms with Crippen molar-refractivity contribution in [3.05, 3.63) is 71.8 Å². The molecule has 4 N–H and O–H groups in total. The van der Waals surface area contributed by atoms with E-state index in [1.54, 1.807) is 41.5 Å². The van der Waals surface area contributed by atoms with E-state index in [1.807, 2.05) is 60.7 Å². The van der Waals surface area contributed by atoms with Crippen LogP contribution in [0.5, 0.6) is 0 Å². The van der Waals surface area contributed by atoms with Crippen molar-refractivity contribution in [2.75, 3.05) is 13.1 Å². The summed E-state index contributed by atoms with van der Waals surface area (Å²) in [6.45, 7) is 10.6. The van der Waals surface area contributed by atoms with E-state index in [2.05, 4.69) is 10.6 Å². The molecule has 0 bridgehead atoms. The fourth-order valence-corrected chi connectivity index (χ4v) is 4.43. The average molecular weight is 543 g/mol. The molecular formula is C30H44N3O6-. The van der Waals surface area contributed by atoms with Gasteiger partial charge in [0, 0.05) is 18.6 Å². The molecule has 0 aliphatic rings. The second kappa shape index (κ2) is 14.3. The number of hydrogen-bond acceptors (Lipinski definition) is 7. The lowest BCUT2D eigenvalue weighted by Gasteiger charge is -2.45. The third-order valence-electron chi connectivity index (χ3n) is 6.15. The number of hydrogen-bond donors (Lipinski definition) is 4. The van der Waals surface area contributed by atoms with Gasteiger partial charge in [-0.15, -0.1) is 0 Å². The van der Waals surface area contributed by atoms with E-state index in [4.69, 9.17) is 4.74 Å². The normalized spacial score (nSPS) is 15.1. The van der Waals surface area contributed by atoms with Crippen LogP contribution in [-0.4, -0.2) is 75.8 Å². The molecule has 2 aromatic carbocycles. The number of alkyl carbamates (subject to hydrolysis) is 1. The number of aliphatic hydroxyl groups is 2. The SMILES string of the molecule is CC(C)(C)OC(=O)N[C@@H](Cc1ccccc1)[C@@H](O)CNC[C@@H](O)[C@H](Cc1ccccc1)N(C(=O)[O-])C(C)(C)C. The number of carbonyl (C=O) groups excluding carboxylic acids is 2. The van der Waals surface area contributed by atoms with Crippen LogP contribution in [0, 0.1) is 0 Å². The molecule has 2 rings (SSSR count). The summed E-state index contributed by atoms with van der Waals surface area (Å²) in [5, 5.41) is 40.1. The van der Waals surface area contributed by atoms with Crippen molar-refractivity contribution in [1.29, 1.82) is 0 Å². The maximum atomic E-state index is 12.5. The van der Waals surface area contributed by atoms with Gasteiger partial charge in [-0.3, -0.25) is 0 Å². The van der Waals surface area contributed by atoms with Crippen LogP contribution >= 0.6 is 0 Å². The molecule has 0 spiro atoms. The van der Waals surface area contributed by atoms with E-state index in [1.165, 1.54) is 4.90 Å². The van der Waals surface area contributed by atoms with E-state index in [0.29, 0.717) is 6.42 Å². The van der Waals surface area contributed by atoms with Crippen LogP contribution < -0.4 is 15.7 Å². The van der Waals surface area contributed by atoms with Crippen molar-refractivity contribution in [2.45, 2.75) is 89.8 Å². The number of nitrogens with zero attached hydrogens (tertiary/aromatic N) is 1. The maximum absolute atomic E-state index is 12.5. The minimum absolute atomic E-state index is 0.0128. The summed E-state index contributed by atoms with van der Waals surface area (Å²) in [6, 6.07) is 17.4. The number of aliphatic hydroxyl groups excluding tert-OH is 2. The van der Waals surface area contributed by atoms with Crippen LogP contribution in [0.1, 0.15) is 52.7 Å². The number of benzene rings is 2. The first-order valence-electron chi connectivity index (χ1n) is 13.3. The van der Waals surface area contributed by atoms with Crippen molar-refractivity contribution >= 4 is 12.2 Å². The molecule has 0 radical (unpaired) electrons. The molecule has 0 unspecified atom stereocenters. The van der Waals surface area contributed by atoms with Gasteiger partial charge in [0.25, 0.3) is 0 Å². The summed E-state index contributed by atoms with van der Waals surface area (Å²) in [7, 11) is 0. The lowest BCUT2D eigenvalue weighted by atomic mass is 9.94. The van der Waals surface area contributed by atoms with Gasteiger partial charge in [0.2, 0.25) is 0 Å². The van der Waals surface area contributed by atoms with Gasteiger partial charge in [0.15, 0.2) is 0 Å². The zero-order valence-corrected chi connectivity index (χ0v) is 23.9. The molecule has 0 saturated heterocycles. The van der Waals surface area contributed by atoms with Gasteiger partial charge in [-0.25, -0.2) is 4.79 Å². The first-order valence-corrected chi connectivity index (χ1v) is 13.3. The zero-order chi connectivity index (χ0) is 29.2. The van der Waals surface area contributed by atoms with E-state index in [0.717, 1.165) is 11.1 Å². The molecule has 2 amide bonds. The number of carbonyl (C=O) groups is 2. The van der Waals surface area contributed by atoms with Gasteiger partial charge in [0.05, 0.1) is 24.3 Å². The Balaban J connectivity index is 2.12. The summed E-state index contributed by atoms with van der Waals surface area (Å²) < 4.78 is 5.38. The van der Waals surface area contributed by atoms with Gasteiger partial charge in [0.1, 0.15) is 11.7 Å². The van der Waals surface area contributed by atoms with Gasteiger partial charge in [-0.05, 0) is 65.5 Å². The number of amides is 2. The molecule has 0 aliphatic carbocycles. The summed E-state index contributed by atoms with van der Waals surface area (Å²) in [6.07, 6.45) is -3.47. The van der Waals surface area contributed by atoms with Gasteiger partial charge in [-0.1, -0.05) is 60.7 Å². The van der Waals surface area contributed by atoms with E-state index >= 15 is 0 Å². The molecule has 0 fully saturated rings. The molecule has 2 aromatic rings. The number of carboxylic acid groups (broad SMARTS) is 1. The Hall–Kier alpha value is -3.14. The molecule has 9 nitrogen and oxygen atoms in total. The Morgan fingerprint density at radius 2 is 1.33 bits per heavy atom. The molecule has 0 aromatic heterocycles. The smallest absolute Gasteiger partial charge is 0.407 e. The Kier molecular flexibility index (Phi) is 11.8. The third kappa shape index (κ3) is 11.2. The van der Waals surface area contributed by atoms with Crippen LogP contribution in [0.25, 0.3) is 0 Å². The fraction of sp³-hybridized carbons (Fsp3) is 0.533. The molecule has 4 atom stereocenters. The minimum atomic E-state index is -1.37. The average Bonchev–Trinajstić information content (AvgIpc) is 2.82. The highest BCUT2D eigenvalue weighted by Gasteiger charge is 2.34. The molecular weight excluding hydrogens is 498 g/mol. The maximum Gasteiger partial charge on any atom is 0.407 e. The second-order valence-corrected chi connectivity index (χ2v) is 11.8. The number of ether oxygens (including phenoxy) is 1. The third-order valence-corrected chi connectivity index (χ3v) is 6.15. The lowest BCUT2D eigenvalue weighted by Crippen LogP contribution is -2.62. The topological polar surface area (TPSA) is 134 Å². The Labute approximate surface area is 232 Å². The molecule has 9 heteroatoms. The van der Waals surface area contributed by atoms with Crippen molar-refractivity contribution < 1.29 is 29.6 Å². The van der Waals surface area contributed by atoms with Crippen molar-refractivity contribution in [3.8, 4) is 0 Å². The summed E-state index contributed by atoms with van der Waals surface area (Å²) in [5.41, 5.74) is 0.300. The fourth-order valence-electron chi connectivity index (χ4n) is 4.43. The number of nitrogens with one attached hydrogen (secondary N) is 2. The predicted octanol–water partition coefficient (Wildman–Crippen LogP) is 2.49. The van der Waals surface area contributed by atoms with Gasteiger partial charge >= 0.3 is 6.09 Å². The van der Waals surface area contributed by atoms with Crippen LogP contribution in [0.3, 0.4) is 0 Å². The highest BCUT2D eigenvalue weighted by Crippen LogP contribution is 2.22. The quantitative estimate of drug-likeness (QED) is 0.324. The Morgan fingerprint density at radius 3 is 1.79 bits per heavy atom. The monoisotopic (exact) mass is 542 g/mol. The number of rotatable bonds is 12. The van der Waals surface area contributed by atoms with Crippen molar-refractivity contribution in [3.63, 3.8) is 0 Å². The highest BCUT2D eigenvalue weighted by molar-refractivity contribution is 5.68. The van der Waals surface area contributed by atoms with Crippen LogP contribution in [0.2, 0.25) is 0 Å². The first-order chi connectivity index (χ1) is 18.2. The van der Waals surface area contributed by atoms with Crippen LogP contribution in [0.4, 0.5) is 9.59 Å². The van der Waals surface area contributed by atoms with Crippen molar-refractivity contribution in [2.24, 2.45) is 0 Å². The van der Waals surface area contributed by atoms with Crippen LogP contribution in [0.15, 0.2) is 60.7 Å². The molecule has 216 valence electrons. The Bertz CT molecular complexity index is 1020. The molecule has 0 saturated carbocycles. The minimum Gasteiger partial charge on any atom is -0.530 e. The summed E-state index contributed by atoms with van der Waals surface area (Å²) in [5.74, 6) is 0. The highest BCUT2D eigenvalue weighted by atomic mass is 16.6. The van der Waals surface area contributed by atoms with Gasteiger partial charge < -0.3 is 40.4 Å². The van der Waals surface area contributed by atoms with Crippen LogP contribution in [-0.2, 0) is 17.6 Å². The second-order valence-electron chi connectivity index (χ2n) is 11.8. The standard InChI is InChI=1S/C30H45N3O6/c1-29(2,3)33(28(37)38)24(18-22-15-11-8-12-16-22)26(35)20-31-19-25(34)23(17-21-13-9-7-10-14-21)32-27(36)39-30(4,5)6/h7-16,23-26,31,34-35H,17-20H2,1-6H3,(H,32,36)(H,37,38)/p-1/t23-,24-,25-,26+/m0/s1. The molecule has 0 aliphatic heterocycles. The van der Waals surface area contributed by atoms with Crippen molar-refractivity contribution in [1.82, 2.24) is 15.5 Å². The first kappa shape index (κ1) is 32.1.